The molecule has 0 radical (unpaired) electrons. The minimum Gasteiger partial charge on any atom is -0.481 e. The molecule has 1 N–H and O–H groups in total. The summed E-state index contributed by atoms with van der Waals surface area (Å²) in [6.07, 6.45) is -3.51. The lowest BCUT2D eigenvalue weighted by Crippen LogP contribution is -2.33. The Bertz CT molecular complexity index is 540. The Balaban J connectivity index is 2.02. The van der Waals surface area contributed by atoms with E-state index in [4.69, 9.17) is 5.11 Å². The Hall–Kier alpha value is -1.56. The fourth-order valence-corrected chi connectivity index (χ4v) is 3.11. The highest BCUT2D eigenvalue weighted by atomic mass is 19.4. The first kappa shape index (κ1) is 17.8. The zero-order chi connectivity index (χ0) is 17.2. The molecule has 1 heterocycles. The van der Waals surface area contributed by atoms with Gasteiger partial charge in [0, 0.05) is 19.6 Å². The highest BCUT2D eigenvalue weighted by molar-refractivity contribution is 5.71. The Morgan fingerprint density at radius 2 is 1.78 bits per heavy atom. The van der Waals surface area contributed by atoms with Crippen LogP contribution in [0.3, 0.4) is 0 Å². The van der Waals surface area contributed by atoms with Crippen LogP contribution < -0.4 is 0 Å². The maximum absolute atomic E-state index is 13.0. The second-order valence-corrected chi connectivity index (χ2v) is 6.70. The molecule has 2 atom stereocenters. The van der Waals surface area contributed by atoms with Gasteiger partial charge >= 0.3 is 12.1 Å². The van der Waals surface area contributed by atoms with Crippen LogP contribution in [-0.4, -0.2) is 35.2 Å². The van der Waals surface area contributed by atoms with Crippen LogP contribution in [0.25, 0.3) is 0 Å². The smallest absolute Gasteiger partial charge is 0.393 e. The summed E-state index contributed by atoms with van der Waals surface area (Å²) in [6.45, 7) is 4.28. The van der Waals surface area contributed by atoms with Gasteiger partial charge in [-0.3, -0.25) is 9.69 Å². The Labute approximate surface area is 134 Å². The largest absolute Gasteiger partial charge is 0.481 e. The van der Waals surface area contributed by atoms with E-state index in [0.717, 1.165) is 12.0 Å². The average molecular weight is 329 g/mol. The number of hydrogen-bond donors (Lipinski definition) is 1. The van der Waals surface area contributed by atoms with Gasteiger partial charge in [0.15, 0.2) is 0 Å². The van der Waals surface area contributed by atoms with E-state index in [0.29, 0.717) is 12.5 Å². The molecular weight excluding hydrogens is 307 g/mol. The summed E-state index contributed by atoms with van der Waals surface area (Å²) in [5.74, 6) is -4.00. The van der Waals surface area contributed by atoms with Gasteiger partial charge in [0.25, 0.3) is 0 Å². The molecule has 0 saturated carbocycles. The predicted molar refractivity (Wildman–Crippen MR) is 80.9 cm³/mol. The van der Waals surface area contributed by atoms with Crippen LogP contribution in [0.15, 0.2) is 24.3 Å². The molecule has 1 saturated heterocycles. The van der Waals surface area contributed by atoms with Crippen LogP contribution in [0.4, 0.5) is 13.2 Å². The molecule has 0 spiro atoms. The maximum atomic E-state index is 13.0. The van der Waals surface area contributed by atoms with Crippen molar-refractivity contribution in [2.45, 2.75) is 33.0 Å². The molecule has 0 unspecified atom stereocenters. The third-order valence-corrected chi connectivity index (χ3v) is 4.21. The maximum Gasteiger partial charge on any atom is 0.393 e. The van der Waals surface area contributed by atoms with E-state index in [2.05, 4.69) is 13.8 Å². The fraction of sp³-hybridized carbons (Fsp3) is 0.588. The van der Waals surface area contributed by atoms with Crippen molar-refractivity contribution in [2.24, 2.45) is 17.8 Å². The molecule has 0 bridgehead atoms. The molecule has 128 valence electrons. The highest BCUT2D eigenvalue weighted by Gasteiger charge is 2.52. The Morgan fingerprint density at radius 3 is 2.22 bits per heavy atom. The lowest BCUT2D eigenvalue weighted by molar-refractivity contribution is -0.188. The van der Waals surface area contributed by atoms with Crippen LogP contribution in [0.2, 0.25) is 0 Å². The summed E-state index contributed by atoms with van der Waals surface area (Å²) >= 11 is 0. The fourth-order valence-electron chi connectivity index (χ4n) is 3.11. The minimum atomic E-state index is -4.47. The van der Waals surface area contributed by atoms with Crippen LogP contribution in [-0.2, 0) is 17.8 Å². The molecule has 0 aromatic heterocycles. The second-order valence-electron chi connectivity index (χ2n) is 6.70. The number of alkyl halides is 3. The van der Waals surface area contributed by atoms with Crippen molar-refractivity contribution in [3.8, 4) is 0 Å². The normalized spacial score (nSPS) is 22.7. The monoisotopic (exact) mass is 329 g/mol. The number of rotatable bonds is 5. The van der Waals surface area contributed by atoms with Gasteiger partial charge in [-0.2, -0.15) is 13.2 Å². The molecule has 23 heavy (non-hydrogen) atoms. The van der Waals surface area contributed by atoms with Gasteiger partial charge in [0.05, 0.1) is 11.8 Å². The van der Waals surface area contributed by atoms with Crippen LogP contribution in [0.5, 0.6) is 0 Å². The van der Waals surface area contributed by atoms with Crippen molar-refractivity contribution in [3.05, 3.63) is 35.4 Å². The summed E-state index contributed by atoms with van der Waals surface area (Å²) in [6, 6.07) is 7.80. The molecule has 0 amide bonds. The molecule has 1 aromatic carbocycles. The summed E-state index contributed by atoms with van der Waals surface area (Å²) in [4.78, 5) is 12.7. The first-order valence-corrected chi connectivity index (χ1v) is 7.76. The third kappa shape index (κ3) is 4.70. The van der Waals surface area contributed by atoms with E-state index in [1.807, 2.05) is 24.3 Å². The molecule has 1 aromatic rings. The lowest BCUT2D eigenvalue weighted by Gasteiger charge is -2.18. The number of halogens is 3. The van der Waals surface area contributed by atoms with Gasteiger partial charge in [0.1, 0.15) is 0 Å². The zero-order valence-electron chi connectivity index (χ0n) is 13.3. The topological polar surface area (TPSA) is 40.5 Å². The number of benzene rings is 1. The van der Waals surface area contributed by atoms with E-state index in [1.165, 1.54) is 5.56 Å². The molecule has 1 fully saturated rings. The van der Waals surface area contributed by atoms with E-state index in [-0.39, 0.29) is 13.1 Å². The number of aliphatic carboxylic acids is 1. The summed E-state index contributed by atoms with van der Waals surface area (Å²) in [7, 11) is 0. The SMILES string of the molecule is CC(C)Cc1ccc(CN2C[C@@H](C(F)(F)F)[C@H](C(=O)O)C2)cc1. The van der Waals surface area contributed by atoms with E-state index in [9.17, 15) is 18.0 Å². The van der Waals surface area contributed by atoms with Crippen LogP contribution >= 0.6 is 0 Å². The van der Waals surface area contributed by atoms with E-state index in [1.54, 1.807) is 4.90 Å². The predicted octanol–water partition coefficient (Wildman–Crippen LogP) is 3.58. The zero-order valence-corrected chi connectivity index (χ0v) is 13.3. The van der Waals surface area contributed by atoms with Gasteiger partial charge in [-0.25, -0.2) is 0 Å². The number of hydrogen-bond acceptors (Lipinski definition) is 2. The number of nitrogens with zero attached hydrogens (tertiary/aromatic N) is 1. The third-order valence-electron chi connectivity index (χ3n) is 4.21. The van der Waals surface area contributed by atoms with E-state index < -0.39 is 24.0 Å². The van der Waals surface area contributed by atoms with Gasteiger partial charge in [-0.1, -0.05) is 38.1 Å². The molecule has 3 nitrogen and oxygen atoms in total. The quantitative estimate of drug-likeness (QED) is 0.898. The summed E-state index contributed by atoms with van der Waals surface area (Å²) in [5.41, 5.74) is 2.10. The summed E-state index contributed by atoms with van der Waals surface area (Å²) < 4.78 is 38.9. The summed E-state index contributed by atoms with van der Waals surface area (Å²) in [5, 5.41) is 9.02. The van der Waals surface area contributed by atoms with Gasteiger partial charge in [-0.05, 0) is 23.5 Å². The molecule has 0 aliphatic carbocycles. The number of carboxylic acid groups (broad SMARTS) is 1. The van der Waals surface area contributed by atoms with Crippen LogP contribution in [0, 0.1) is 17.8 Å². The van der Waals surface area contributed by atoms with Crippen molar-refractivity contribution in [1.82, 2.24) is 4.90 Å². The van der Waals surface area contributed by atoms with Crippen molar-refractivity contribution >= 4 is 5.97 Å². The minimum absolute atomic E-state index is 0.0622. The average Bonchev–Trinajstić information content (AvgIpc) is 2.84. The standard InChI is InChI=1S/C17H22F3NO2/c1-11(2)7-12-3-5-13(6-4-12)8-21-9-14(16(22)23)15(10-21)17(18,19)20/h3-6,11,14-15H,7-10H2,1-2H3,(H,22,23)/t14-,15-/m1/s1. The number of likely N-dealkylation sites (tertiary alicyclic amines) is 1. The van der Waals surface area contributed by atoms with Crippen molar-refractivity contribution in [1.29, 1.82) is 0 Å². The molecule has 1 aliphatic heterocycles. The molecular formula is C17H22F3NO2. The van der Waals surface area contributed by atoms with E-state index >= 15 is 0 Å². The van der Waals surface area contributed by atoms with Crippen LogP contribution in [0.1, 0.15) is 25.0 Å². The first-order valence-electron chi connectivity index (χ1n) is 7.76. The number of carboxylic acids is 1. The van der Waals surface area contributed by atoms with Crippen molar-refractivity contribution in [2.75, 3.05) is 13.1 Å². The highest BCUT2D eigenvalue weighted by Crippen LogP contribution is 2.38. The first-order chi connectivity index (χ1) is 10.7. The van der Waals surface area contributed by atoms with Gasteiger partial charge < -0.3 is 5.11 Å². The second kappa shape index (κ2) is 6.91. The van der Waals surface area contributed by atoms with Gasteiger partial charge in [0.2, 0.25) is 0 Å². The lowest BCUT2D eigenvalue weighted by atomic mass is 9.96. The molecule has 1 aliphatic rings. The Morgan fingerprint density at radius 1 is 1.22 bits per heavy atom. The Kier molecular flexibility index (Phi) is 5.34. The van der Waals surface area contributed by atoms with Crippen molar-refractivity contribution in [3.63, 3.8) is 0 Å². The molecule has 6 heteroatoms. The number of carbonyl (C=O) groups is 1. The molecule has 2 rings (SSSR count). The van der Waals surface area contributed by atoms with Crippen molar-refractivity contribution < 1.29 is 23.1 Å². The van der Waals surface area contributed by atoms with Gasteiger partial charge in [-0.15, -0.1) is 0 Å².